The molecule has 1 heterocycles. The van der Waals surface area contributed by atoms with Crippen LogP contribution in [0, 0.1) is 5.92 Å². The summed E-state index contributed by atoms with van der Waals surface area (Å²) in [5.74, 6) is 0.260. The van der Waals surface area contributed by atoms with Crippen molar-refractivity contribution in [2.75, 3.05) is 26.2 Å². The van der Waals surface area contributed by atoms with E-state index in [0.29, 0.717) is 17.1 Å². The maximum absolute atomic E-state index is 12.3. The van der Waals surface area contributed by atoms with Crippen molar-refractivity contribution in [2.24, 2.45) is 5.92 Å². The van der Waals surface area contributed by atoms with Crippen molar-refractivity contribution in [3.63, 3.8) is 0 Å². The molecule has 0 saturated carbocycles. The Bertz CT molecular complexity index is 349. The standard InChI is InChI=1S/C10H19F3N2O2S/c1-2-5-14-8-9-3-6-15(7-4-9)18(16,17)10(11,12)13/h9,14H,2-8H2,1H3. The Morgan fingerprint density at radius 2 is 1.83 bits per heavy atom. The van der Waals surface area contributed by atoms with Gasteiger partial charge in [-0.25, -0.2) is 8.42 Å². The van der Waals surface area contributed by atoms with Crippen molar-refractivity contribution in [3.05, 3.63) is 0 Å². The number of alkyl halides is 3. The fraction of sp³-hybridized carbons (Fsp3) is 1.00. The van der Waals surface area contributed by atoms with Crippen LogP contribution in [-0.2, 0) is 10.0 Å². The maximum Gasteiger partial charge on any atom is 0.511 e. The first-order valence-corrected chi connectivity index (χ1v) is 7.50. The van der Waals surface area contributed by atoms with Gasteiger partial charge in [-0.1, -0.05) is 6.92 Å². The first-order chi connectivity index (χ1) is 8.29. The van der Waals surface area contributed by atoms with E-state index in [4.69, 9.17) is 0 Å². The van der Waals surface area contributed by atoms with Crippen LogP contribution in [0.15, 0.2) is 0 Å². The quantitative estimate of drug-likeness (QED) is 0.781. The summed E-state index contributed by atoms with van der Waals surface area (Å²) in [4.78, 5) is 0. The molecule has 1 fully saturated rings. The van der Waals surface area contributed by atoms with Crippen molar-refractivity contribution in [3.8, 4) is 0 Å². The van der Waals surface area contributed by atoms with Gasteiger partial charge in [0.15, 0.2) is 0 Å². The SMILES string of the molecule is CCCNCC1CCN(S(=O)(=O)C(F)(F)F)CC1. The Morgan fingerprint density at radius 1 is 1.28 bits per heavy atom. The van der Waals surface area contributed by atoms with Gasteiger partial charge in [0.05, 0.1) is 0 Å². The molecule has 1 N–H and O–H groups in total. The number of piperidine rings is 1. The highest BCUT2D eigenvalue weighted by Gasteiger charge is 2.50. The largest absolute Gasteiger partial charge is 0.511 e. The molecule has 0 spiro atoms. The molecule has 18 heavy (non-hydrogen) atoms. The molecule has 8 heteroatoms. The van der Waals surface area contributed by atoms with Crippen LogP contribution in [0.4, 0.5) is 13.2 Å². The zero-order valence-corrected chi connectivity index (χ0v) is 11.1. The number of halogens is 3. The molecular weight excluding hydrogens is 269 g/mol. The molecule has 0 amide bonds. The molecule has 0 aliphatic carbocycles. The lowest BCUT2D eigenvalue weighted by Gasteiger charge is -2.31. The van der Waals surface area contributed by atoms with Gasteiger partial charge in [-0.05, 0) is 38.3 Å². The molecule has 1 aliphatic rings. The highest BCUT2D eigenvalue weighted by molar-refractivity contribution is 7.90. The lowest BCUT2D eigenvalue weighted by molar-refractivity contribution is -0.0496. The Balaban J connectivity index is 2.45. The van der Waals surface area contributed by atoms with Crippen molar-refractivity contribution in [1.29, 1.82) is 0 Å². The van der Waals surface area contributed by atoms with Gasteiger partial charge in [0.1, 0.15) is 0 Å². The van der Waals surface area contributed by atoms with E-state index in [9.17, 15) is 21.6 Å². The lowest BCUT2D eigenvalue weighted by Crippen LogP contribution is -2.46. The number of sulfonamides is 1. The summed E-state index contributed by atoms with van der Waals surface area (Å²) in [6.45, 7) is 3.57. The molecule has 1 aliphatic heterocycles. The fourth-order valence-electron chi connectivity index (χ4n) is 1.98. The summed E-state index contributed by atoms with van der Waals surface area (Å²) in [7, 11) is -5.14. The number of hydrogen-bond acceptors (Lipinski definition) is 3. The minimum absolute atomic E-state index is 0.0414. The van der Waals surface area contributed by atoms with E-state index in [-0.39, 0.29) is 19.0 Å². The second-order valence-electron chi connectivity index (χ2n) is 4.50. The Morgan fingerprint density at radius 3 is 2.28 bits per heavy atom. The van der Waals surface area contributed by atoms with Gasteiger partial charge in [0, 0.05) is 13.1 Å². The Hall–Kier alpha value is -0.340. The van der Waals surface area contributed by atoms with Gasteiger partial charge in [0.25, 0.3) is 0 Å². The molecule has 0 aromatic heterocycles. The lowest BCUT2D eigenvalue weighted by atomic mass is 9.98. The van der Waals surface area contributed by atoms with E-state index >= 15 is 0 Å². The number of hydrogen-bond donors (Lipinski definition) is 1. The van der Waals surface area contributed by atoms with E-state index in [1.807, 2.05) is 6.92 Å². The van der Waals surface area contributed by atoms with Crippen LogP contribution >= 0.6 is 0 Å². The number of nitrogens with zero attached hydrogens (tertiary/aromatic N) is 1. The highest BCUT2D eigenvalue weighted by Crippen LogP contribution is 2.30. The van der Waals surface area contributed by atoms with Gasteiger partial charge in [-0.3, -0.25) is 0 Å². The summed E-state index contributed by atoms with van der Waals surface area (Å²) >= 11 is 0. The summed E-state index contributed by atoms with van der Waals surface area (Å²) in [6, 6.07) is 0. The summed E-state index contributed by atoms with van der Waals surface area (Å²) in [6.07, 6.45) is 1.96. The molecule has 0 atom stereocenters. The molecule has 108 valence electrons. The van der Waals surface area contributed by atoms with Crippen molar-refractivity contribution < 1.29 is 21.6 Å². The summed E-state index contributed by atoms with van der Waals surface area (Å²) < 4.78 is 59.8. The van der Waals surface area contributed by atoms with Crippen molar-refractivity contribution in [1.82, 2.24) is 9.62 Å². The molecule has 0 radical (unpaired) electrons. The van der Waals surface area contributed by atoms with Gasteiger partial charge < -0.3 is 5.32 Å². The second-order valence-corrected chi connectivity index (χ2v) is 6.43. The van der Waals surface area contributed by atoms with Gasteiger partial charge in [0.2, 0.25) is 0 Å². The Kier molecular flexibility index (Phi) is 5.42. The van der Waals surface area contributed by atoms with E-state index in [1.54, 1.807) is 0 Å². The van der Waals surface area contributed by atoms with Crippen LogP contribution in [0.3, 0.4) is 0 Å². The third kappa shape index (κ3) is 3.83. The molecular formula is C10H19F3N2O2S. The number of rotatable bonds is 5. The third-order valence-corrected chi connectivity index (χ3v) is 4.70. The van der Waals surface area contributed by atoms with Crippen LogP contribution in [0.5, 0.6) is 0 Å². The first kappa shape index (κ1) is 15.7. The van der Waals surface area contributed by atoms with Gasteiger partial charge >= 0.3 is 15.5 Å². The van der Waals surface area contributed by atoms with Crippen molar-refractivity contribution >= 4 is 10.0 Å². The van der Waals surface area contributed by atoms with E-state index in [1.165, 1.54) is 0 Å². The predicted octanol–water partition coefficient (Wildman–Crippen LogP) is 1.55. The van der Waals surface area contributed by atoms with E-state index in [0.717, 1.165) is 19.5 Å². The van der Waals surface area contributed by atoms with Crippen LogP contribution in [0.25, 0.3) is 0 Å². The summed E-state index contributed by atoms with van der Waals surface area (Å²) in [5, 5.41) is 3.20. The second kappa shape index (κ2) is 6.21. The van der Waals surface area contributed by atoms with E-state index in [2.05, 4.69) is 5.32 Å². The average Bonchev–Trinajstić information content (AvgIpc) is 2.28. The summed E-state index contributed by atoms with van der Waals surface area (Å²) in [5.41, 5.74) is -5.18. The smallest absolute Gasteiger partial charge is 0.316 e. The van der Waals surface area contributed by atoms with Gasteiger partial charge in [-0.15, -0.1) is 0 Å². The zero-order valence-electron chi connectivity index (χ0n) is 10.3. The maximum atomic E-state index is 12.3. The third-order valence-electron chi connectivity index (χ3n) is 3.07. The zero-order chi connectivity index (χ0) is 13.8. The predicted molar refractivity (Wildman–Crippen MR) is 62.4 cm³/mol. The van der Waals surface area contributed by atoms with Crippen LogP contribution in [0.1, 0.15) is 26.2 Å². The van der Waals surface area contributed by atoms with Crippen LogP contribution in [-0.4, -0.2) is 44.4 Å². The highest BCUT2D eigenvalue weighted by atomic mass is 32.2. The monoisotopic (exact) mass is 288 g/mol. The topological polar surface area (TPSA) is 49.4 Å². The van der Waals surface area contributed by atoms with Gasteiger partial charge in [-0.2, -0.15) is 17.5 Å². The minimum atomic E-state index is -5.18. The van der Waals surface area contributed by atoms with Crippen LogP contribution in [0.2, 0.25) is 0 Å². The molecule has 0 aromatic carbocycles. The fourth-order valence-corrected chi connectivity index (χ4v) is 2.97. The molecule has 1 saturated heterocycles. The average molecular weight is 288 g/mol. The molecule has 4 nitrogen and oxygen atoms in total. The van der Waals surface area contributed by atoms with Crippen molar-refractivity contribution in [2.45, 2.75) is 31.7 Å². The van der Waals surface area contributed by atoms with Crippen LogP contribution < -0.4 is 5.32 Å². The molecule has 0 aromatic rings. The number of nitrogens with one attached hydrogen (secondary N) is 1. The van der Waals surface area contributed by atoms with E-state index < -0.39 is 15.5 Å². The minimum Gasteiger partial charge on any atom is -0.316 e. The normalized spacial score (nSPS) is 20.2. The Labute approximate surface area is 106 Å². The first-order valence-electron chi connectivity index (χ1n) is 6.06. The molecule has 0 bridgehead atoms. The molecule has 1 rings (SSSR count). The molecule has 0 unspecified atom stereocenters.